The van der Waals surface area contributed by atoms with E-state index in [2.05, 4.69) is 15.1 Å². The normalized spacial score (nSPS) is 11.4. The van der Waals surface area contributed by atoms with Crippen LogP contribution in [0.1, 0.15) is 29.1 Å². The van der Waals surface area contributed by atoms with Gasteiger partial charge in [-0.3, -0.25) is 9.69 Å². The van der Waals surface area contributed by atoms with E-state index in [0.29, 0.717) is 12.8 Å². The summed E-state index contributed by atoms with van der Waals surface area (Å²) in [6.45, 7) is 5.98. The molecular formula is C20H21N5OS. The van der Waals surface area contributed by atoms with Crippen molar-refractivity contribution >= 4 is 38.2 Å². The molecule has 0 radical (unpaired) electrons. The Labute approximate surface area is 161 Å². The second-order valence-electron chi connectivity index (χ2n) is 6.73. The molecule has 0 atom stereocenters. The second kappa shape index (κ2) is 6.74. The molecular weight excluding hydrogens is 358 g/mol. The lowest BCUT2D eigenvalue weighted by molar-refractivity contribution is -0.118. The van der Waals surface area contributed by atoms with Gasteiger partial charge in [-0.1, -0.05) is 23.5 Å². The molecule has 4 aromatic rings. The van der Waals surface area contributed by atoms with Crippen LogP contribution >= 0.6 is 11.3 Å². The fourth-order valence-corrected chi connectivity index (χ4v) is 4.26. The maximum Gasteiger partial charge on any atom is 0.228 e. The third kappa shape index (κ3) is 3.19. The van der Waals surface area contributed by atoms with Crippen molar-refractivity contribution < 1.29 is 4.79 Å². The summed E-state index contributed by atoms with van der Waals surface area (Å²) in [6, 6.07) is 9.90. The highest BCUT2D eigenvalue weighted by atomic mass is 32.1. The van der Waals surface area contributed by atoms with E-state index in [9.17, 15) is 4.79 Å². The molecule has 1 aromatic carbocycles. The van der Waals surface area contributed by atoms with Crippen molar-refractivity contribution in [3.63, 3.8) is 0 Å². The van der Waals surface area contributed by atoms with Crippen LogP contribution in [-0.2, 0) is 11.2 Å². The average molecular weight is 379 g/mol. The molecule has 138 valence electrons. The molecule has 0 saturated heterocycles. The molecule has 0 unspecified atom stereocenters. The Morgan fingerprint density at radius 1 is 1.19 bits per heavy atom. The highest BCUT2D eigenvalue weighted by Crippen LogP contribution is 2.28. The Hall–Kier alpha value is -2.80. The molecule has 3 heterocycles. The van der Waals surface area contributed by atoms with E-state index >= 15 is 0 Å². The SMILES string of the molecule is Cc1cc2nc(C)c(CCC(=O)N(C)c3nc4ccccc4s3)c(C)n2n1. The second-order valence-corrected chi connectivity index (χ2v) is 7.74. The van der Waals surface area contributed by atoms with E-state index in [1.54, 1.807) is 11.9 Å². The standard InChI is InChI=1S/C20H21N5OS/c1-12-11-18-21-13(2)15(14(3)25(18)23-12)9-10-19(26)24(4)20-22-16-7-5-6-8-17(16)27-20/h5-8,11H,9-10H2,1-4H3. The number of amides is 1. The van der Waals surface area contributed by atoms with E-state index < -0.39 is 0 Å². The van der Waals surface area contributed by atoms with Crippen LogP contribution in [0.25, 0.3) is 15.9 Å². The molecule has 0 aliphatic rings. The lowest BCUT2D eigenvalue weighted by Gasteiger charge is -2.15. The van der Waals surface area contributed by atoms with Crippen molar-refractivity contribution in [2.24, 2.45) is 0 Å². The summed E-state index contributed by atoms with van der Waals surface area (Å²) < 4.78 is 2.95. The van der Waals surface area contributed by atoms with Gasteiger partial charge >= 0.3 is 0 Å². The number of aryl methyl sites for hydroxylation is 3. The fourth-order valence-electron chi connectivity index (χ4n) is 3.31. The van der Waals surface area contributed by atoms with Crippen LogP contribution in [0.15, 0.2) is 30.3 Å². The predicted molar refractivity (Wildman–Crippen MR) is 109 cm³/mol. The number of fused-ring (bicyclic) bond motifs is 2. The molecule has 3 aromatic heterocycles. The summed E-state index contributed by atoms with van der Waals surface area (Å²) in [6.07, 6.45) is 1.04. The van der Waals surface area contributed by atoms with E-state index in [-0.39, 0.29) is 5.91 Å². The van der Waals surface area contributed by atoms with Gasteiger partial charge in [0.1, 0.15) is 0 Å². The Morgan fingerprint density at radius 3 is 2.74 bits per heavy atom. The van der Waals surface area contributed by atoms with Crippen LogP contribution in [0.5, 0.6) is 0 Å². The highest BCUT2D eigenvalue weighted by Gasteiger charge is 2.17. The molecule has 0 bridgehead atoms. The van der Waals surface area contributed by atoms with Crippen LogP contribution in [-0.4, -0.2) is 32.5 Å². The smallest absolute Gasteiger partial charge is 0.228 e. The maximum absolute atomic E-state index is 12.7. The molecule has 7 heteroatoms. The van der Waals surface area contributed by atoms with Crippen LogP contribution in [0.3, 0.4) is 0 Å². The zero-order valence-electron chi connectivity index (χ0n) is 15.9. The summed E-state index contributed by atoms with van der Waals surface area (Å²) in [5, 5.41) is 5.23. The molecule has 0 aliphatic carbocycles. The van der Waals surface area contributed by atoms with Crippen LogP contribution in [0.4, 0.5) is 5.13 Å². The topological polar surface area (TPSA) is 63.4 Å². The predicted octanol–water partition coefficient (Wildman–Crippen LogP) is 3.86. The number of para-hydroxylation sites is 1. The zero-order valence-corrected chi connectivity index (χ0v) is 16.7. The van der Waals surface area contributed by atoms with Gasteiger partial charge in [0.15, 0.2) is 10.8 Å². The van der Waals surface area contributed by atoms with Crippen molar-refractivity contribution in [3.05, 3.63) is 53.0 Å². The molecule has 1 amide bonds. The zero-order chi connectivity index (χ0) is 19.1. The fraction of sp³-hybridized carbons (Fsp3) is 0.300. The van der Waals surface area contributed by atoms with Gasteiger partial charge in [-0.15, -0.1) is 0 Å². The van der Waals surface area contributed by atoms with Gasteiger partial charge in [-0.25, -0.2) is 14.5 Å². The number of thiazole rings is 1. The minimum atomic E-state index is 0.0459. The number of carbonyl (C=O) groups is 1. The van der Waals surface area contributed by atoms with Gasteiger partial charge in [0.05, 0.1) is 15.9 Å². The molecule has 6 nitrogen and oxygen atoms in total. The average Bonchev–Trinajstić information content (AvgIpc) is 3.23. The van der Waals surface area contributed by atoms with Gasteiger partial charge in [-0.2, -0.15) is 5.10 Å². The minimum absolute atomic E-state index is 0.0459. The maximum atomic E-state index is 12.7. The Bertz CT molecular complexity index is 1130. The van der Waals surface area contributed by atoms with Crippen molar-refractivity contribution in [2.75, 3.05) is 11.9 Å². The summed E-state index contributed by atoms with van der Waals surface area (Å²) >= 11 is 1.53. The summed E-state index contributed by atoms with van der Waals surface area (Å²) in [4.78, 5) is 23.6. The minimum Gasteiger partial charge on any atom is -0.291 e. The Morgan fingerprint density at radius 2 is 1.96 bits per heavy atom. The van der Waals surface area contributed by atoms with Crippen LogP contribution in [0, 0.1) is 20.8 Å². The summed E-state index contributed by atoms with van der Waals surface area (Å²) in [5.41, 5.74) is 5.79. The molecule has 0 N–H and O–H groups in total. The lowest BCUT2D eigenvalue weighted by atomic mass is 10.1. The number of nitrogens with zero attached hydrogens (tertiary/aromatic N) is 5. The number of hydrogen-bond acceptors (Lipinski definition) is 5. The highest BCUT2D eigenvalue weighted by molar-refractivity contribution is 7.22. The summed E-state index contributed by atoms with van der Waals surface area (Å²) in [5.74, 6) is 0.0459. The van der Waals surface area contributed by atoms with Gasteiger partial charge in [0.25, 0.3) is 0 Å². The first-order valence-corrected chi connectivity index (χ1v) is 9.70. The molecule has 0 aliphatic heterocycles. The van der Waals surface area contributed by atoms with Crippen molar-refractivity contribution in [3.8, 4) is 0 Å². The molecule has 0 saturated carbocycles. The first-order chi connectivity index (χ1) is 12.9. The molecule has 27 heavy (non-hydrogen) atoms. The van der Waals surface area contributed by atoms with Gasteiger partial charge in [0, 0.05) is 30.9 Å². The Balaban J connectivity index is 1.54. The first-order valence-electron chi connectivity index (χ1n) is 8.88. The molecule has 0 fully saturated rings. The van der Waals surface area contributed by atoms with Gasteiger partial charge in [0.2, 0.25) is 5.91 Å². The number of aromatic nitrogens is 4. The Kier molecular flexibility index (Phi) is 4.39. The van der Waals surface area contributed by atoms with Crippen molar-refractivity contribution in [2.45, 2.75) is 33.6 Å². The largest absolute Gasteiger partial charge is 0.291 e. The first kappa shape index (κ1) is 17.6. The summed E-state index contributed by atoms with van der Waals surface area (Å²) in [7, 11) is 1.79. The van der Waals surface area contributed by atoms with Gasteiger partial charge < -0.3 is 0 Å². The third-order valence-electron chi connectivity index (χ3n) is 4.82. The third-order valence-corrected chi connectivity index (χ3v) is 5.93. The number of benzene rings is 1. The van der Waals surface area contributed by atoms with Crippen molar-refractivity contribution in [1.29, 1.82) is 0 Å². The van der Waals surface area contributed by atoms with Crippen LogP contribution < -0.4 is 4.90 Å². The molecule has 4 rings (SSSR count). The van der Waals surface area contributed by atoms with E-state index in [0.717, 1.165) is 43.6 Å². The lowest BCUT2D eigenvalue weighted by Crippen LogP contribution is -2.26. The van der Waals surface area contributed by atoms with Crippen LogP contribution in [0.2, 0.25) is 0 Å². The number of hydrogen-bond donors (Lipinski definition) is 0. The number of rotatable bonds is 4. The molecule has 0 spiro atoms. The monoisotopic (exact) mass is 379 g/mol. The van der Waals surface area contributed by atoms with Crippen molar-refractivity contribution in [1.82, 2.24) is 19.6 Å². The van der Waals surface area contributed by atoms with Gasteiger partial charge in [-0.05, 0) is 44.9 Å². The van der Waals surface area contributed by atoms with E-state index in [4.69, 9.17) is 0 Å². The van der Waals surface area contributed by atoms with E-state index in [1.165, 1.54) is 11.3 Å². The number of anilines is 1. The van der Waals surface area contributed by atoms with E-state index in [1.807, 2.05) is 55.6 Å². The quantitative estimate of drug-likeness (QED) is 0.540. The number of carbonyl (C=O) groups excluding carboxylic acids is 1.